The maximum absolute atomic E-state index is 10.3. The van der Waals surface area contributed by atoms with E-state index in [4.69, 9.17) is 9.47 Å². The second kappa shape index (κ2) is 15.1. The highest BCUT2D eigenvalue weighted by atomic mass is 127. The van der Waals surface area contributed by atoms with E-state index < -0.39 is 6.10 Å². The SMILES string of the molecule is CCNC(=NCC(O)Cc1ccccc1)Nc1cccc(OCCCOC)c1.I. The maximum Gasteiger partial charge on any atom is 0.195 e. The summed E-state index contributed by atoms with van der Waals surface area (Å²) in [5.74, 6) is 1.42. The summed E-state index contributed by atoms with van der Waals surface area (Å²) in [6.45, 7) is 4.34. The van der Waals surface area contributed by atoms with Gasteiger partial charge in [0.05, 0.1) is 19.3 Å². The summed E-state index contributed by atoms with van der Waals surface area (Å²) in [6.07, 6.45) is 0.889. The zero-order chi connectivity index (χ0) is 20.0. The van der Waals surface area contributed by atoms with Crippen molar-refractivity contribution in [2.24, 2.45) is 4.99 Å². The minimum absolute atomic E-state index is 0. The predicted octanol–water partition coefficient (Wildman–Crippen LogP) is 3.70. The van der Waals surface area contributed by atoms with Gasteiger partial charge in [-0.2, -0.15) is 0 Å². The summed E-state index contributed by atoms with van der Waals surface area (Å²) < 4.78 is 10.8. The van der Waals surface area contributed by atoms with Crippen molar-refractivity contribution in [2.45, 2.75) is 25.9 Å². The predicted molar refractivity (Wildman–Crippen MR) is 130 cm³/mol. The average molecular weight is 513 g/mol. The number of hydrogen-bond donors (Lipinski definition) is 3. The minimum Gasteiger partial charge on any atom is -0.493 e. The van der Waals surface area contributed by atoms with Crippen molar-refractivity contribution in [2.75, 3.05) is 38.7 Å². The van der Waals surface area contributed by atoms with Crippen LogP contribution in [0.15, 0.2) is 59.6 Å². The van der Waals surface area contributed by atoms with Crippen LogP contribution in [0.2, 0.25) is 0 Å². The highest BCUT2D eigenvalue weighted by molar-refractivity contribution is 14.0. The number of hydrogen-bond acceptors (Lipinski definition) is 4. The van der Waals surface area contributed by atoms with Gasteiger partial charge in [-0.3, -0.25) is 4.99 Å². The number of nitrogens with one attached hydrogen (secondary N) is 2. The van der Waals surface area contributed by atoms with E-state index in [0.717, 1.165) is 30.0 Å². The first kappa shape index (κ1) is 25.2. The number of nitrogens with zero attached hydrogens (tertiary/aromatic N) is 1. The molecule has 2 aromatic rings. The number of aliphatic imine (C=N–C) groups is 1. The van der Waals surface area contributed by atoms with Crippen LogP contribution in [-0.2, 0) is 11.2 Å². The van der Waals surface area contributed by atoms with E-state index in [-0.39, 0.29) is 24.0 Å². The molecular formula is C22H32IN3O3. The molecule has 1 unspecified atom stereocenters. The van der Waals surface area contributed by atoms with Gasteiger partial charge in [-0.05, 0) is 24.6 Å². The van der Waals surface area contributed by atoms with Crippen LogP contribution in [0.4, 0.5) is 5.69 Å². The summed E-state index contributed by atoms with van der Waals surface area (Å²) in [4.78, 5) is 4.51. The zero-order valence-electron chi connectivity index (χ0n) is 17.1. The number of methoxy groups -OCH3 is 1. The average Bonchev–Trinajstić information content (AvgIpc) is 2.71. The second-order valence-electron chi connectivity index (χ2n) is 6.41. The highest BCUT2D eigenvalue weighted by Crippen LogP contribution is 2.17. The van der Waals surface area contributed by atoms with Gasteiger partial charge in [0.25, 0.3) is 0 Å². The molecule has 0 aromatic heterocycles. The maximum atomic E-state index is 10.3. The van der Waals surface area contributed by atoms with Crippen LogP contribution in [0.5, 0.6) is 5.75 Å². The number of ether oxygens (including phenoxy) is 2. The first-order chi connectivity index (χ1) is 13.7. The van der Waals surface area contributed by atoms with Crippen LogP contribution >= 0.6 is 24.0 Å². The van der Waals surface area contributed by atoms with E-state index in [0.29, 0.717) is 32.1 Å². The van der Waals surface area contributed by atoms with Crippen LogP contribution in [0.1, 0.15) is 18.9 Å². The largest absolute Gasteiger partial charge is 0.493 e. The molecule has 2 aromatic carbocycles. The molecule has 7 heteroatoms. The Labute approximate surface area is 190 Å². The van der Waals surface area contributed by atoms with Gasteiger partial charge in [0.2, 0.25) is 0 Å². The second-order valence-corrected chi connectivity index (χ2v) is 6.41. The van der Waals surface area contributed by atoms with Gasteiger partial charge in [-0.15, -0.1) is 24.0 Å². The Bertz CT molecular complexity index is 713. The summed E-state index contributed by atoms with van der Waals surface area (Å²) >= 11 is 0. The Morgan fingerprint density at radius 3 is 2.62 bits per heavy atom. The molecule has 0 radical (unpaired) electrons. The monoisotopic (exact) mass is 513 g/mol. The molecule has 0 bridgehead atoms. The lowest BCUT2D eigenvalue weighted by Crippen LogP contribution is -2.32. The number of anilines is 1. The lowest BCUT2D eigenvalue weighted by Gasteiger charge is -2.14. The van der Waals surface area contributed by atoms with Crippen molar-refractivity contribution in [3.8, 4) is 5.75 Å². The summed E-state index contributed by atoms with van der Waals surface area (Å²) in [6, 6.07) is 17.7. The zero-order valence-corrected chi connectivity index (χ0v) is 19.5. The third kappa shape index (κ3) is 10.5. The summed E-state index contributed by atoms with van der Waals surface area (Å²) in [5, 5.41) is 16.7. The van der Waals surface area contributed by atoms with Crippen LogP contribution in [-0.4, -0.2) is 50.6 Å². The van der Waals surface area contributed by atoms with E-state index in [1.54, 1.807) is 7.11 Å². The Kier molecular flexibility index (Phi) is 13.1. The Morgan fingerprint density at radius 2 is 1.90 bits per heavy atom. The molecule has 160 valence electrons. The fourth-order valence-corrected chi connectivity index (χ4v) is 2.65. The molecule has 0 aliphatic carbocycles. The molecule has 0 saturated carbocycles. The van der Waals surface area contributed by atoms with Crippen molar-refractivity contribution in [3.63, 3.8) is 0 Å². The molecule has 6 nitrogen and oxygen atoms in total. The Hall–Kier alpha value is -1.84. The van der Waals surface area contributed by atoms with E-state index in [1.165, 1.54) is 0 Å². The minimum atomic E-state index is -0.534. The molecule has 0 heterocycles. The lowest BCUT2D eigenvalue weighted by molar-refractivity contribution is 0.172. The number of aliphatic hydroxyl groups is 1. The smallest absolute Gasteiger partial charge is 0.195 e. The summed E-state index contributed by atoms with van der Waals surface area (Å²) in [5.41, 5.74) is 1.97. The van der Waals surface area contributed by atoms with E-state index in [9.17, 15) is 5.11 Å². The van der Waals surface area contributed by atoms with Crippen LogP contribution < -0.4 is 15.4 Å². The van der Waals surface area contributed by atoms with Crippen LogP contribution in [0, 0.1) is 0 Å². The molecule has 0 spiro atoms. The third-order valence-corrected chi connectivity index (χ3v) is 3.98. The number of benzene rings is 2. The van der Waals surface area contributed by atoms with Gasteiger partial charge in [-0.25, -0.2) is 0 Å². The molecule has 0 aliphatic heterocycles. The van der Waals surface area contributed by atoms with Crippen LogP contribution in [0.3, 0.4) is 0 Å². The molecule has 0 aliphatic rings. The fourth-order valence-electron chi connectivity index (χ4n) is 2.65. The topological polar surface area (TPSA) is 75.1 Å². The molecule has 29 heavy (non-hydrogen) atoms. The van der Waals surface area contributed by atoms with E-state index in [1.807, 2.05) is 61.5 Å². The van der Waals surface area contributed by atoms with Crippen molar-refractivity contribution < 1.29 is 14.6 Å². The van der Waals surface area contributed by atoms with Crippen molar-refractivity contribution in [1.29, 1.82) is 0 Å². The number of halogens is 1. The molecule has 0 fully saturated rings. The third-order valence-electron chi connectivity index (χ3n) is 3.98. The Balaban J connectivity index is 0.00000420. The van der Waals surface area contributed by atoms with E-state index in [2.05, 4.69) is 15.6 Å². The van der Waals surface area contributed by atoms with Gasteiger partial charge < -0.3 is 25.2 Å². The fraction of sp³-hybridized carbons (Fsp3) is 0.409. The molecule has 1 atom stereocenters. The molecule has 2 rings (SSSR count). The van der Waals surface area contributed by atoms with Gasteiger partial charge in [0.1, 0.15) is 5.75 Å². The number of aliphatic hydroxyl groups excluding tert-OH is 1. The molecule has 3 N–H and O–H groups in total. The van der Waals surface area contributed by atoms with Crippen molar-refractivity contribution in [1.82, 2.24) is 5.32 Å². The van der Waals surface area contributed by atoms with Crippen molar-refractivity contribution >= 4 is 35.6 Å². The van der Waals surface area contributed by atoms with Crippen LogP contribution in [0.25, 0.3) is 0 Å². The van der Waals surface area contributed by atoms with Gasteiger partial charge >= 0.3 is 0 Å². The van der Waals surface area contributed by atoms with E-state index >= 15 is 0 Å². The standard InChI is InChI=1S/C22H31N3O3.HI/c1-3-23-22(24-17-20(26)15-18-9-5-4-6-10-18)25-19-11-7-12-21(16-19)28-14-8-13-27-2;/h4-7,9-12,16,20,26H,3,8,13-15,17H2,1-2H3,(H2,23,24,25);1H. The molecule has 0 amide bonds. The first-order valence-electron chi connectivity index (χ1n) is 9.70. The number of rotatable bonds is 11. The molecule has 0 saturated heterocycles. The van der Waals surface area contributed by atoms with Gasteiger partial charge in [-0.1, -0.05) is 36.4 Å². The number of guanidine groups is 1. The Morgan fingerprint density at radius 1 is 1.10 bits per heavy atom. The lowest BCUT2D eigenvalue weighted by atomic mass is 10.1. The quantitative estimate of drug-likeness (QED) is 0.185. The normalized spacial score (nSPS) is 12.0. The highest BCUT2D eigenvalue weighted by Gasteiger charge is 2.06. The van der Waals surface area contributed by atoms with Crippen molar-refractivity contribution in [3.05, 3.63) is 60.2 Å². The van der Waals surface area contributed by atoms with Gasteiger partial charge in [0.15, 0.2) is 5.96 Å². The summed E-state index contributed by atoms with van der Waals surface area (Å²) in [7, 11) is 1.68. The van der Waals surface area contributed by atoms with Gasteiger partial charge in [0, 0.05) is 44.9 Å². The first-order valence-corrected chi connectivity index (χ1v) is 9.70. The molecular weight excluding hydrogens is 481 g/mol.